The summed E-state index contributed by atoms with van der Waals surface area (Å²) in [6.45, 7) is 3.00. The smallest absolute Gasteiger partial charge is 0.271 e. The molecule has 7 heteroatoms. The molecule has 3 N–H and O–H groups in total. The number of rotatable bonds is 5. The lowest BCUT2D eigenvalue weighted by Gasteiger charge is -2.04. The van der Waals surface area contributed by atoms with Crippen molar-refractivity contribution in [2.24, 2.45) is 0 Å². The predicted molar refractivity (Wildman–Crippen MR) is 66.0 cm³/mol. The quantitative estimate of drug-likeness (QED) is 0.716. The lowest BCUT2D eigenvalue weighted by Crippen LogP contribution is -2.24. The number of carbonyl (C=O) groups excluding carboxylic acids is 1. The maximum Gasteiger partial charge on any atom is 0.271 e. The van der Waals surface area contributed by atoms with E-state index in [2.05, 4.69) is 31.0 Å². The van der Waals surface area contributed by atoms with E-state index in [-0.39, 0.29) is 5.91 Å². The Hall–Kier alpha value is -2.44. The molecule has 0 bridgehead atoms. The summed E-state index contributed by atoms with van der Waals surface area (Å²) < 4.78 is 0. The van der Waals surface area contributed by atoms with Gasteiger partial charge >= 0.3 is 0 Å². The zero-order valence-corrected chi connectivity index (χ0v) is 9.97. The minimum absolute atomic E-state index is 0.217. The first-order valence-electron chi connectivity index (χ1n) is 5.63. The van der Waals surface area contributed by atoms with Gasteiger partial charge in [0.2, 0.25) is 0 Å². The van der Waals surface area contributed by atoms with Crippen LogP contribution in [0.1, 0.15) is 23.1 Å². The molecule has 0 fully saturated rings. The number of aromatic amines is 1. The normalized spacial score (nSPS) is 10.1. The van der Waals surface area contributed by atoms with Crippen LogP contribution in [0.15, 0.2) is 24.4 Å². The summed E-state index contributed by atoms with van der Waals surface area (Å²) in [5, 5.41) is 20.2. The molecule has 0 unspecified atom stereocenters. The Bertz CT molecular complexity index is 493. The first-order chi connectivity index (χ1) is 8.79. The van der Waals surface area contributed by atoms with Crippen molar-refractivity contribution in [2.45, 2.75) is 13.5 Å². The largest absolute Gasteiger partial charge is 0.363 e. The van der Waals surface area contributed by atoms with E-state index >= 15 is 0 Å². The third kappa shape index (κ3) is 3.03. The van der Waals surface area contributed by atoms with E-state index < -0.39 is 0 Å². The molecule has 2 heterocycles. The van der Waals surface area contributed by atoms with Gasteiger partial charge in [-0.05, 0) is 25.1 Å². The second-order valence-electron chi connectivity index (χ2n) is 3.60. The highest BCUT2D eigenvalue weighted by Crippen LogP contribution is 2.04. The number of nitrogens with one attached hydrogen (secondary N) is 3. The first kappa shape index (κ1) is 12.0. The topological polar surface area (TPSA) is 95.6 Å². The molecule has 94 valence electrons. The molecule has 2 rings (SSSR count). The van der Waals surface area contributed by atoms with E-state index in [0.29, 0.717) is 24.6 Å². The number of H-pyrrole nitrogens is 1. The lowest BCUT2D eigenvalue weighted by atomic mass is 10.3. The van der Waals surface area contributed by atoms with Crippen LogP contribution in [0.2, 0.25) is 0 Å². The fourth-order valence-corrected chi connectivity index (χ4v) is 1.37. The third-order valence-corrected chi connectivity index (χ3v) is 2.25. The van der Waals surface area contributed by atoms with Crippen LogP contribution in [0, 0.1) is 0 Å². The summed E-state index contributed by atoms with van der Waals surface area (Å²) in [6, 6.07) is 5.21. The molecular formula is C11H14N6O. The van der Waals surface area contributed by atoms with Gasteiger partial charge in [0.15, 0.2) is 5.69 Å². The van der Waals surface area contributed by atoms with Crippen molar-refractivity contribution >= 4 is 11.7 Å². The zero-order valence-electron chi connectivity index (χ0n) is 9.97. The van der Waals surface area contributed by atoms with Gasteiger partial charge in [0.05, 0.1) is 12.2 Å². The number of amides is 1. The van der Waals surface area contributed by atoms with Crippen LogP contribution in [-0.4, -0.2) is 32.8 Å². The molecule has 0 atom stereocenters. The summed E-state index contributed by atoms with van der Waals surface area (Å²) in [5.74, 6) is 0.391. The van der Waals surface area contributed by atoms with Crippen molar-refractivity contribution in [1.29, 1.82) is 0 Å². The van der Waals surface area contributed by atoms with Crippen LogP contribution in [0.5, 0.6) is 0 Å². The van der Waals surface area contributed by atoms with Gasteiger partial charge in [-0.15, -0.1) is 10.2 Å². The molecular weight excluding hydrogens is 232 g/mol. The summed E-state index contributed by atoms with van der Waals surface area (Å²) in [7, 11) is 0. The molecule has 18 heavy (non-hydrogen) atoms. The Morgan fingerprint density at radius 1 is 1.33 bits per heavy atom. The first-order valence-corrected chi connectivity index (χ1v) is 5.63. The third-order valence-electron chi connectivity index (χ3n) is 2.25. The number of anilines is 1. The number of carbonyl (C=O) groups is 1. The van der Waals surface area contributed by atoms with Gasteiger partial charge in [0.1, 0.15) is 5.82 Å². The van der Waals surface area contributed by atoms with Crippen LogP contribution < -0.4 is 10.6 Å². The van der Waals surface area contributed by atoms with Crippen LogP contribution in [0.25, 0.3) is 0 Å². The van der Waals surface area contributed by atoms with Crippen LogP contribution in [0.4, 0.5) is 5.82 Å². The highest BCUT2D eigenvalue weighted by molar-refractivity contribution is 5.92. The maximum absolute atomic E-state index is 11.5. The molecule has 0 aromatic carbocycles. The standard InChI is InChI=1S/C11H14N6O/c1-2-12-11(18)9-3-4-10(17-16-9)13-7-8-5-6-14-15-8/h3-6H,2,7H2,1H3,(H,12,18)(H,13,17)(H,14,15). The van der Waals surface area contributed by atoms with Crippen LogP contribution in [0.3, 0.4) is 0 Å². The van der Waals surface area contributed by atoms with Crippen LogP contribution >= 0.6 is 0 Å². The Balaban J connectivity index is 1.93. The highest BCUT2D eigenvalue weighted by Gasteiger charge is 2.06. The molecule has 0 aliphatic carbocycles. The second kappa shape index (κ2) is 5.76. The number of aromatic nitrogens is 4. The monoisotopic (exact) mass is 246 g/mol. The van der Waals surface area contributed by atoms with Crippen molar-refractivity contribution in [3.63, 3.8) is 0 Å². The summed E-state index contributed by atoms with van der Waals surface area (Å²) >= 11 is 0. The average molecular weight is 246 g/mol. The molecule has 7 nitrogen and oxygen atoms in total. The molecule has 0 aliphatic heterocycles. The van der Waals surface area contributed by atoms with E-state index in [1.54, 1.807) is 18.3 Å². The van der Waals surface area contributed by atoms with E-state index in [9.17, 15) is 4.79 Å². The van der Waals surface area contributed by atoms with Gasteiger partial charge < -0.3 is 10.6 Å². The SMILES string of the molecule is CCNC(=O)c1ccc(NCc2ccn[nH]2)nn1. The van der Waals surface area contributed by atoms with Crippen molar-refractivity contribution in [3.05, 3.63) is 35.8 Å². The van der Waals surface area contributed by atoms with Gasteiger partial charge in [0, 0.05) is 12.7 Å². The van der Waals surface area contributed by atoms with Crippen molar-refractivity contribution in [2.75, 3.05) is 11.9 Å². The molecule has 2 aromatic heterocycles. The van der Waals surface area contributed by atoms with Gasteiger partial charge in [-0.3, -0.25) is 9.89 Å². The molecule has 2 aromatic rings. The second-order valence-corrected chi connectivity index (χ2v) is 3.60. The molecule has 0 saturated heterocycles. The Morgan fingerprint density at radius 2 is 2.22 bits per heavy atom. The Morgan fingerprint density at radius 3 is 2.83 bits per heavy atom. The molecule has 0 saturated carbocycles. The van der Waals surface area contributed by atoms with Gasteiger partial charge in [0.25, 0.3) is 5.91 Å². The predicted octanol–water partition coefficient (Wildman–Crippen LogP) is 0.561. The summed E-state index contributed by atoms with van der Waals surface area (Å²) in [4.78, 5) is 11.5. The van der Waals surface area contributed by atoms with E-state index in [1.807, 2.05) is 13.0 Å². The zero-order chi connectivity index (χ0) is 12.8. The van der Waals surface area contributed by atoms with Crippen molar-refractivity contribution in [1.82, 2.24) is 25.7 Å². The fourth-order valence-electron chi connectivity index (χ4n) is 1.37. The fraction of sp³-hybridized carbons (Fsp3) is 0.273. The number of hydrogen-bond donors (Lipinski definition) is 3. The summed E-state index contributed by atoms with van der Waals surface area (Å²) in [5.41, 5.74) is 1.26. The minimum Gasteiger partial charge on any atom is -0.363 e. The molecule has 0 aliphatic rings. The highest BCUT2D eigenvalue weighted by atomic mass is 16.1. The van der Waals surface area contributed by atoms with Gasteiger partial charge in [-0.25, -0.2) is 0 Å². The average Bonchev–Trinajstić information content (AvgIpc) is 2.90. The maximum atomic E-state index is 11.5. The Labute approximate surface area is 104 Å². The van der Waals surface area contributed by atoms with E-state index in [0.717, 1.165) is 5.69 Å². The molecule has 1 amide bonds. The lowest BCUT2D eigenvalue weighted by molar-refractivity contribution is 0.0950. The van der Waals surface area contributed by atoms with Gasteiger partial charge in [-0.2, -0.15) is 5.10 Å². The summed E-state index contributed by atoms with van der Waals surface area (Å²) in [6.07, 6.45) is 1.68. The van der Waals surface area contributed by atoms with E-state index in [4.69, 9.17) is 0 Å². The van der Waals surface area contributed by atoms with Crippen molar-refractivity contribution < 1.29 is 4.79 Å². The van der Waals surface area contributed by atoms with E-state index in [1.165, 1.54) is 0 Å². The molecule has 0 radical (unpaired) electrons. The number of hydrogen-bond acceptors (Lipinski definition) is 5. The molecule has 0 spiro atoms. The van der Waals surface area contributed by atoms with Crippen molar-refractivity contribution in [3.8, 4) is 0 Å². The minimum atomic E-state index is -0.217. The number of nitrogens with zero attached hydrogens (tertiary/aromatic N) is 3. The Kier molecular flexibility index (Phi) is 3.85. The van der Waals surface area contributed by atoms with Gasteiger partial charge in [-0.1, -0.05) is 0 Å². The van der Waals surface area contributed by atoms with Crippen LogP contribution in [-0.2, 0) is 6.54 Å².